The Morgan fingerprint density at radius 1 is 1.23 bits per heavy atom. The average molecular weight is 359 g/mol. The highest BCUT2D eigenvalue weighted by Gasteiger charge is 2.41. The number of nitrogens with zero attached hydrogens (tertiary/aromatic N) is 1. The third-order valence-electron chi connectivity index (χ3n) is 4.22. The molecule has 2 rings (SSSR count). The molecule has 1 aromatic rings. The van der Waals surface area contributed by atoms with Crippen LogP contribution in [0.4, 0.5) is 4.79 Å². The van der Waals surface area contributed by atoms with Gasteiger partial charge < -0.3 is 9.47 Å². The quantitative estimate of drug-likeness (QED) is 0.580. The van der Waals surface area contributed by atoms with E-state index in [0.717, 1.165) is 12.0 Å². The summed E-state index contributed by atoms with van der Waals surface area (Å²) in [6, 6.07) is 8.93. The molecule has 1 aliphatic heterocycles. The Labute approximate surface area is 156 Å². The summed E-state index contributed by atoms with van der Waals surface area (Å²) < 4.78 is 10.9. The van der Waals surface area contributed by atoms with E-state index in [4.69, 9.17) is 9.47 Å². The van der Waals surface area contributed by atoms with E-state index in [1.54, 1.807) is 0 Å². The van der Waals surface area contributed by atoms with E-state index >= 15 is 0 Å². The standard InChI is InChI=1S/C21H29NO4/c1-5-6-10-17-13-18(22(14-17)20(24)26-21(2,3)4)19(23)25-15-16-11-8-7-9-12-16/h5-9,11-12,17-18H,10,13-15H2,1-4H3/b6-5+/t17-,18+/m1/s1. The molecule has 0 spiro atoms. The van der Waals surface area contributed by atoms with Crippen molar-refractivity contribution in [1.82, 2.24) is 4.90 Å². The summed E-state index contributed by atoms with van der Waals surface area (Å²) in [6.07, 6.45) is 5.02. The van der Waals surface area contributed by atoms with Crippen molar-refractivity contribution in [2.45, 2.75) is 58.8 Å². The number of hydrogen-bond acceptors (Lipinski definition) is 4. The molecule has 5 heteroatoms. The van der Waals surface area contributed by atoms with E-state index < -0.39 is 17.7 Å². The van der Waals surface area contributed by atoms with Crippen molar-refractivity contribution in [3.8, 4) is 0 Å². The van der Waals surface area contributed by atoms with Crippen LogP contribution >= 0.6 is 0 Å². The number of carbonyl (C=O) groups is 2. The number of hydrogen-bond donors (Lipinski definition) is 0. The summed E-state index contributed by atoms with van der Waals surface area (Å²) in [5.41, 5.74) is 0.324. The van der Waals surface area contributed by atoms with E-state index in [0.29, 0.717) is 13.0 Å². The molecule has 142 valence electrons. The van der Waals surface area contributed by atoms with Gasteiger partial charge in [-0.05, 0) is 52.0 Å². The van der Waals surface area contributed by atoms with Crippen molar-refractivity contribution in [1.29, 1.82) is 0 Å². The Bertz CT molecular complexity index is 633. The van der Waals surface area contributed by atoms with Gasteiger partial charge in [-0.1, -0.05) is 42.5 Å². The lowest BCUT2D eigenvalue weighted by atomic mass is 10.0. The molecule has 5 nitrogen and oxygen atoms in total. The van der Waals surface area contributed by atoms with Gasteiger partial charge in [-0.2, -0.15) is 0 Å². The first-order valence-electron chi connectivity index (χ1n) is 9.11. The molecule has 0 N–H and O–H groups in total. The summed E-state index contributed by atoms with van der Waals surface area (Å²) in [5.74, 6) is -0.143. The molecule has 2 atom stereocenters. The zero-order valence-corrected chi connectivity index (χ0v) is 16.1. The highest BCUT2D eigenvalue weighted by Crippen LogP contribution is 2.29. The number of benzene rings is 1. The second kappa shape index (κ2) is 8.88. The SMILES string of the molecule is C/C=C/C[C@@H]1C[C@@H](C(=O)OCc2ccccc2)N(C(=O)OC(C)(C)C)C1. The largest absolute Gasteiger partial charge is 0.459 e. The van der Waals surface area contributed by atoms with Crippen LogP contribution in [0.25, 0.3) is 0 Å². The molecule has 0 aromatic heterocycles. The summed E-state index contributed by atoms with van der Waals surface area (Å²) in [7, 11) is 0. The van der Waals surface area contributed by atoms with E-state index in [2.05, 4.69) is 6.08 Å². The number of ether oxygens (including phenoxy) is 2. The van der Waals surface area contributed by atoms with Gasteiger partial charge in [0.05, 0.1) is 0 Å². The van der Waals surface area contributed by atoms with Crippen molar-refractivity contribution in [3.05, 3.63) is 48.0 Å². The van der Waals surface area contributed by atoms with Crippen LogP contribution in [0.5, 0.6) is 0 Å². The van der Waals surface area contributed by atoms with Crippen molar-refractivity contribution in [2.75, 3.05) is 6.54 Å². The molecule has 26 heavy (non-hydrogen) atoms. The van der Waals surface area contributed by atoms with Crippen LogP contribution in [-0.2, 0) is 20.9 Å². The zero-order chi connectivity index (χ0) is 19.2. The zero-order valence-electron chi connectivity index (χ0n) is 16.1. The highest BCUT2D eigenvalue weighted by molar-refractivity contribution is 5.82. The molecule has 0 aliphatic carbocycles. The van der Waals surface area contributed by atoms with Crippen molar-refractivity contribution in [2.24, 2.45) is 5.92 Å². The number of rotatable bonds is 5. The normalized spacial score (nSPS) is 20.4. The fraction of sp³-hybridized carbons (Fsp3) is 0.524. The first kappa shape index (κ1) is 20.0. The minimum Gasteiger partial charge on any atom is -0.459 e. The Hall–Kier alpha value is -2.30. The summed E-state index contributed by atoms with van der Waals surface area (Å²) in [6.45, 7) is 8.14. The lowest BCUT2D eigenvalue weighted by Gasteiger charge is -2.27. The van der Waals surface area contributed by atoms with Gasteiger partial charge in [-0.25, -0.2) is 9.59 Å². The number of esters is 1. The van der Waals surface area contributed by atoms with Gasteiger partial charge in [0, 0.05) is 6.54 Å². The van der Waals surface area contributed by atoms with Crippen molar-refractivity contribution in [3.63, 3.8) is 0 Å². The maximum absolute atomic E-state index is 12.6. The van der Waals surface area contributed by atoms with Crippen LogP contribution in [0.2, 0.25) is 0 Å². The number of carbonyl (C=O) groups excluding carboxylic acids is 2. The van der Waals surface area contributed by atoms with E-state index in [1.165, 1.54) is 4.90 Å². The fourth-order valence-corrected chi connectivity index (χ4v) is 2.99. The fourth-order valence-electron chi connectivity index (χ4n) is 2.99. The van der Waals surface area contributed by atoms with Crippen LogP contribution in [-0.4, -0.2) is 35.2 Å². The lowest BCUT2D eigenvalue weighted by Crippen LogP contribution is -2.44. The minimum atomic E-state index is -0.600. The number of amides is 1. The topological polar surface area (TPSA) is 55.8 Å². The first-order chi connectivity index (χ1) is 12.3. The second-order valence-electron chi connectivity index (χ2n) is 7.65. The molecule has 1 heterocycles. The van der Waals surface area contributed by atoms with Crippen LogP contribution in [0.15, 0.2) is 42.5 Å². The van der Waals surface area contributed by atoms with Crippen molar-refractivity contribution < 1.29 is 19.1 Å². The van der Waals surface area contributed by atoms with E-state index in [1.807, 2.05) is 64.1 Å². The maximum atomic E-state index is 12.6. The van der Waals surface area contributed by atoms with Gasteiger partial charge >= 0.3 is 12.1 Å². The Morgan fingerprint density at radius 2 is 1.92 bits per heavy atom. The van der Waals surface area contributed by atoms with Crippen molar-refractivity contribution >= 4 is 12.1 Å². The van der Waals surface area contributed by atoms with Crippen LogP contribution in [0, 0.1) is 5.92 Å². The van der Waals surface area contributed by atoms with Gasteiger partial charge in [-0.15, -0.1) is 0 Å². The molecule has 0 unspecified atom stereocenters. The maximum Gasteiger partial charge on any atom is 0.411 e. The van der Waals surface area contributed by atoms with Crippen LogP contribution < -0.4 is 0 Å². The molecular formula is C21H29NO4. The Kier molecular flexibility index (Phi) is 6.83. The second-order valence-corrected chi connectivity index (χ2v) is 7.65. The first-order valence-corrected chi connectivity index (χ1v) is 9.11. The predicted octanol–water partition coefficient (Wildman–Crippen LogP) is 4.32. The number of allylic oxidation sites excluding steroid dienone is 2. The van der Waals surface area contributed by atoms with Gasteiger partial charge in [0.15, 0.2) is 0 Å². The Balaban J connectivity index is 2.04. The molecule has 1 aliphatic rings. The van der Waals surface area contributed by atoms with E-state index in [9.17, 15) is 9.59 Å². The molecular weight excluding hydrogens is 330 g/mol. The van der Waals surface area contributed by atoms with Gasteiger partial charge in [-0.3, -0.25) is 4.90 Å². The van der Waals surface area contributed by atoms with E-state index in [-0.39, 0.29) is 18.5 Å². The van der Waals surface area contributed by atoms with Gasteiger partial charge in [0.2, 0.25) is 0 Å². The third kappa shape index (κ3) is 5.90. The summed E-state index contributed by atoms with van der Waals surface area (Å²) in [4.78, 5) is 26.7. The lowest BCUT2D eigenvalue weighted by molar-refractivity contribution is -0.150. The molecule has 1 saturated heterocycles. The third-order valence-corrected chi connectivity index (χ3v) is 4.22. The molecule has 1 amide bonds. The monoisotopic (exact) mass is 359 g/mol. The average Bonchev–Trinajstić information content (AvgIpc) is 3.02. The molecule has 0 radical (unpaired) electrons. The molecule has 0 saturated carbocycles. The van der Waals surface area contributed by atoms with Gasteiger partial charge in [0.1, 0.15) is 18.2 Å². The van der Waals surface area contributed by atoms with Gasteiger partial charge in [0.25, 0.3) is 0 Å². The molecule has 1 fully saturated rings. The highest BCUT2D eigenvalue weighted by atomic mass is 16.6. The molecule has 0 bridgehead atoms. The Morgan fingerprint density at radius 3 is 2.54 bits per heavy atom. The molecule has 1 aromatic carbocycles. The minimum absolute atomic E-state index is 0.206. The van der Waals surface area contributed by atoms with Crippen LogP contribution in [0.1, 0.15) is 46.1 Å². The van der Waals surface area contributed by atoms with Crippen LogP contribution in [0.3, 0.4) is 0 Å². The number of likely N-dealkylation sites (tertiary alicyclic amines) is 1. The summed E-state index contributed by atoms with van der Waals surface area (Å²) in [5, 5.41) is 0. The predicted molar refractivity (Wildman–Crippen MR) is 101 cm³/mol. The smallest absolute Gasteiger partial charge is 0.411 e. The summed E-state index contributed by atoms with van der Waals surface area (Å²) >= 11 is 0.